The fourth-order valence-electron chi connectivity index (χ4n) is 3.00. The zero-order chi connectivity index (χ0) is 20.8. The molecule has 0 bridgehead atoms. The van der Waals surface area contributed by atoms with E-state index >= 15 is 0 Å². The number of benzene rings is 2. The van der Waals surface area contributed by atoms with E-state index in [9.17, 15) is 23.6 Å². The molecule has 7 nitrogen and oxygen atoms in total. The molecule has 1 heterocycles. The van der Waals surface area contributed by atoms with E-state index in [2.05, 4.69) is 10.6 Å². The van der Waals surface area contributed by atoms with Crippen molar-refractivity contribution in [3.63, 3.8) is 0 Å². The number of fused-ring (bicyclic) bond motifs is 1. The van der Waals surface area contributed by atoms with Crippen molar-refractivity contribution in [2.24, 2.45) is 0 Å². The van der Waals surface area contributed by atoms with Crippen molar-refractivity contribution in [2.75, 3.05) is 19.6 Å². The molecule has 0 aromatic heterocycles. The number of hydrogen-bond donors (Lipinski definition) is 2. The Bertz CT molecular complexity index is 908. The summed E-state index contributed by atoms with van der Waals surface area (Å²) in [7, 11) is 0. The van der Waals surface area contributed by atoms with Crippen molar-refractivity contribution in [1.29, 1.82) is 0 Å². The molecule has 2 aromatic rings. The average Bonchev–Trinajstić information content (AvgIpc) is 2.96. The number of amides is 4. The maximum absolute atomic E-state index is 12.8. The maximum Gasteiger partial charge on any atom is 0.261 e. The SMILES string of the molecule is O=C(CCN1C(=O)c2ccccc2C1=O)NCCNC(=O)Cc1ccc(F)cc1. The summed E-state index contributed by atoms with van der Waals surface area (Å²) in [6.07, 6.45) is 0.100. The minimum atomic E-state index is -0.397. The van der Waals surface area contributed by atoms with Gasteiger partial charge in [-0.25, -0.2) is 4.39 Å². The van der Waals surface area contributed by atoms with E-state index in [1.807, 2.05) is 0 Å². The Hall–Kier alpha value is -3.55. The van der Waals surface area contributed by atoms with Crippen molar-refractivity contribution in [3.8, 4) is 0 Å². The molecule has 0 aliphatic carbocycles. The van der Waals surface area contributed by atoms with Crippen LogP contribution in [0.5, 0.6) is 0 Å². The lowest BCUT2D eigenvalue weighted by atomic mass is 10.1. The van der Waals surface area contributed by atoms with Crippen LogP contribution in [0.2, 0.25) is 0 Å². The van der Waals surface area contributed by atoms with E-state index in [0.29, 0.717) is 16.7 Å². The second kappa shape index (κ2) is 9.09. The van der Waals surface area contributed by atoms with Gasteiger partial charge in [0, 0.05) is 26.1 Å². The van der Waals surface area contributed by atoms with Crippen LogP contribution in [-0.4, -0.2) is 48.2 Å². The van der Waals surface area contributed by atoms with Gasteiger partial charge in [0.05, 0.1) is 17.5 Å². The number of carbonyl (C=O) groups is 4. The smallest absolute Gasteiger partial charge is 0.261 e. The lowest BCUT2D eigenvalue weighted by Gasteiger charge is -2.13. The predicted octanol–water partition coefficient (Wildman–Crippen LogP) is 1.29. The third-order valence-corrected chi connectivity index (χ3v) is 4.49. The summed E-state index contributed by atoms with van der Waals surface area (Å²) in [5, 5.41) is 5.29. The molecule has 0 fully saturated rings. The van der Waals surface area contributed by atoms with Gasteiger partial charge in [-0.1, -0.05) is 24.3 Å². The number of hydrogen-bond acceptors (Lipinski definition) is 4. The highest BCUT2D eigenvalue weighted by Gasteiger charge is 2.34. The average molecular weight is 397 g/mol. The van der Waals surface area contributed by atoms with Crippen LogP contribution in [0.3, 0.4) is 0 Å². The molecular weight excluding hydrogens is 377 g/mol. The molecule has 2 N–H and O–H groups in total. The van der Waals surface area contributed by atoms with Crippen molar-refractivity contribution in [1.82, 2.24) is 15.5 Å². The second-order valence-electron chi connectivity index (χ2n) is 6.56. The molecule has 4 amide bonds. The molecule has 0 atom stereocenters. The summed E-state index contributed by atoms with van der Waals surface area (Å²) in [6, 6.07) is 12.2. The standard InChI is InChI=1S/C21H20FN3O4/c22-15-7-5-14(6-8-15)13-19(27)24-11-10-23-18(26)9-12-25-20(28)16-3-1-2-4-17(16)21(25)29/h1-8H,9-13H2,(H,23,26)(H,24,27). The summed E-state index contributed by atoms with van der Waals surface area (Å²) in [6.45, 7) is 0.448. The van der Waals surface area contributed by atoms with Crippen LogP contribution < -0.4 is 10.6 Å². The number of halogens is 1. The molecule has 3 rings (SSSR count). The van der Waals surface area contributed by atoms with Gasteiger partial charge in [-0.2, -0.15) is 0 Å². The normalized spacial score (nSPS) is 12.7. The van der Waals surface area contributed by atoms with Gasteiger partial charge in [-0.3, -0.25) is 24.1 Å². The quantitative estimate of drug-likeness (QED) is 0.518. The first-order valence-electron chi connectivity index (χ1n) is 9.19. The summed E-state index contributed by atoms with van der Waals surface area (Å²) in [5.41, 5.74) is 1.39. The second-order valence-corrected chi connectivity index (χ2v) is 6.56. The summed E-state index contributed by atoms with van der Waals surface area (Å²) < 4.78 is 12.8. The molecule has 1 aliphatic rings. The van der Waals surface area contributed by atoms with E-state index in [0.717, 1.165) is 4.90 Å². The Labute approximate surface area is 166 Å². The molecule has 0 saturated carbocycles. The molecule has 29 heavy (non-hydrogen) atoms. The van der Waals surface area contributed by atoms with Crippen molar-refractivity contribution >= 4 is 23.6 Å². The van der Waals surface area contributed by atoms with Crippen LogP contribution >= 0.6 is 0 Å². The van der Waals surface area contributed by atoms with Gasteiger partial charge in [-0.15, -0.1) is 0 Å². The molecule has 0 spiro atoms. The summed E-state index contributed by atoms with van der Waals surface area (Å²) >= 11 is 0. The first-order valence-corrected chi connectivity index (χ1v) is 9.19. The van der Waals surface area contributed by atoms with Crippen LogP contribution in [0.25, 0.3) is 0 Å². The molecule has 0 radical (unpaired) electrons. The minimum absolute atomic E-state index is 0.00486. The largest absolute Gasteiger partial charge is 0.354 e. The van der Waals surface area contributed by atoms with Gasteiger partial charge in [0.15, 0.2) is 0 Å². The van der Waals surface area contributed by atoms with Gasteiger partial charge in [-0.05, 0) is 29.8 Å². The highest BCUT2D eigenvalue weighted by atomic mass is 19.1. The van der Waals surface area contributed by atoms with Crippen LogP contribution in [0, 0.1) is 5.82 Å². The highest BCUT2D eigenvalue weighted by Crippen LogP contribution is 2.22. The minimum Gasteiger partial charge on any atom is -0.354 e. The third kappa shape index (κ3) is 5.04. The monoisotopic (exact) mass is 397 g/mol. The number of nitrogens with zero attached hydrogens (tertiary/aromatic N) is 1. The van der Waals surface area contributed by atoms with Crippen LogP contribution in [-0.2, 0) is 16.0 Å². The topological polar surface area (TPSA) is 95.6 Å². The third-order valence-electron chi connectivity index (χ3n) is 4.49. The molecule has 8 heteroatoms. The molecular formula is C21H20FN3O4. The molecule has 2 aromatic carbocycles. The first kappa shape index (κ1) is 20.2. The Morgan fingerprint density at radius 2 is 1.38 bits per heavy atom. The van der Waals surface area contributed by atoms with E-state index in [4.69, 9.17) is 0 Å². The number of nitrogens with one attached hydrogen (secondary N) is 2. The molecule has 0 saturated heterocycles. The number of imide groups is 1. The van der Waals surface area contributed by atoms with Crippen molar-refractivity contribution in [2.45, 2.75) is 12.8 Å². The predicted molar refractivity (Wildman–Crippen MR) is 103 cm³/mol. The lowest BCUT2D eigenvalue weighted by molar-refractivity contribution is -0.122. The van der Waals surface area contributed by atoms with E-state index < -0.39 is 11.8 Å². The number of rotatable bonds is 8. The van der Waals surface area contributed by atoms with Crippen molar-refractivity contribution in [3.05, 3.63) is 71.0 Å². The van der Waals surface area contributed by atoms with Gasteiger partial charge < -0.3 is 10.6 Å². The van der Waals surface area contributed by atoms with Crippen molar-refractivity contribution < 1.29 is 23.6 Å². The van der Waals surface area contributed by atoms with Gasteiger partial charge in [0.2, 0.25) is 11.8 Å². The Morgan fingerprint density at radius 3 is 1.97 bits per heavy atom. The lowest BCUT2D eigenvalue weighted by Crippen LogP contribution is -2.38. The van der Waals surface area contributed by atoms with Gasteiger partial charge in [0.25, 0.3) is 11.8 Å². The van der Waals surface area contributed by atoms with Crippen LogP contribution in [0.1, 0.15) is 32.7 Å². The number of carbonyl (C=O) groups excluding carboxylic acids is 4. The molecule has 1 aliphatic heterocycles. The van der Waals surface area contributed by atoms with Crippen LogP contribution in [0.4, 0.5) is 4.39 Å². The zero-order valence-electron chi connectivity index (χ0n) is 15.6. The zero-order valence-corrected chi connectivity index (χ0v) is 15.6. The Kier molecular flexibility index (Phi) is 6.33. The maximum atomic E-state index is 12.8. The first-order chi connectivity index (χ1) is 14.0. The fraction of sp³-hybridized carbons (Fsp3) is 0.238. The Morgan fingerprint density at radius 1 is 0.828 bits per heavy atom. The Balaban J connectivity index is 1.34. The summed E-state index contributed by atoms with van der Waals surface area (Å²) in [5.74, 6) is -1.72. The van der Waals surface area contributed by atoms with E-state index in [1.54, 1.807) is 24.3 Å². The fourth-order valence-corrected chi connectivity index (χ4v) is 3.00. The van der Waals surface area contributed by atoms with Crippen LogP contribution in [0.15, 0.2) is 48.5 Å². The van der Waals surface area contributed by atoms with Gasteiger partial charge in [0.1, 0.15) is 5.82 Å². The van der Waals surface area contributed by atoms with E-state index in [-0.39, 0.29) is 50.1 Å². The summed E-state index contributed by atoms with van der Waals surface area (Å²) in [4.78, 5) is 49.3. The molecule has 150 valence electrons. The highest BCUT2D eigenvalue weighted by molar-refractivity contribution is 6.21. The van der Waals surface area contributed by atoms with E-state index in [1.165, 1.54) is 24.3 Å². The molecule has 0 unspecified atom stereocenters. The van der Waals surface area contributed by atoms with Gasteiger partial charge >= 0.3 is 0 Å².